The minimum absolute atomic E-state index is 0.495. The zero-order chi connectivity index (χ0) is 15.0. The van der Waals surface area contributed by atoms with E-state index in [1.54, 1.807) is 37.5 Å². The van der Waals surface area contributed by atoms with Crippen LogP contribution in [0, 0.1) is 0 Å². The molecule has 1 aromatic rings. The quantitative estimate of drug-likeness (QED) is 0.580. The van der Waals surface area contributed by atoms with Gasteiger partial charge < -0.3 is 19.9 Å². The summed E-state index contributed by atoms with van der Waals surface area (Å²) in [6.45, 7) is -0.519. The van der Waals surface area contributed by atoms with E-state index in [0.717, 1.165) is 11.3 Å². The van der Waals surface area contributed by atoms with E-state index in [1.165, 1.54) is 13.2 Å². The van der Waals surface area contributed by atoms with Gasteiger partial charge in [-0.1, -0.05) is 12.1 Å². The normalized spacial score (nSPS) is 11.9. The molecule has 1 atom stereocenters. The first-order valence-corrected chi connectivity index (χ1v) is 5.92. The molecule has 0 spiro atoms. The van der Waals surface area contributed by atoms with Crippen LogP contribution in [-0.4, -0.2) is 43.9 Å². The zero-order valence-electron chi connectivity index (χ0n) is 11.3. The van der Waals surface area contributed by atoms with Crippen LogP contribution in [0.3, 0.4) is 0 Å². The van der Waals surface area contributed by atoms with Gasteiger partial charge in [-0.3, -0.25) is 4.79 Å². The van der Waals surface area contributed by atoms with Gasteiger partial charge in [0.1, 0.15) is 5.75 Å². The van der Waals surface area contributed by atoms with Crippen molar-refractivity contribution < 1.29 is 24.2 Å². The number of benzene rings is 1. The van der Waals surface area contributed by atoms with Crippen LogP contribution in [0.1, 0.15) is 5.56 Å². The van der Waals surface area contributed by atoms with Gasteiger partial charge in [0.25, 0.3) is 0 Å². The summed E-state index contributed by atoms with van der Waals surface area (Å²) in [7, 11) is 2.75. The molecule has 0 fully saturated rings. The molecule has 1 amide bonds. The van der Waals surface area contributed by atoms with Gasteiger partial charge in [0, 0.05) is 6.08 Å². The predicted molar refractivity (Wildman–Crippen MR) is 73.1 cm³/mol. The van der Waals surface area contributed by atoms with Crippen LogP contribution in [0.5, 0.6) is 5.75 Å². The molecule has 1 rings (SSSR count). The van der Waals surface area contributed by atoms with Crippen molar-refractivity contribution in [2.24, 2.45) is 0 Å². The number of esters is 1. The van der Waals surface area contributed by atoms with Gasteiger partial charge in [-0.25, -0.2) is 4.79 Å². The third kappa shape index (κ3) is 4.74. The molecule has 6 nitrogen and oxygen atoms in total. The smallest absolute Gasteiger partial charge is 0.330 e. The summed E-state index contributed by atoms with van der Waals surface area (Å²) in [6, 6.07) is 6.04. The Morgan fingerprint density at radius 2 is 1.95 bits per heavy atom. The van der Waals surface area contributed by atoms with Gasteiger partial charge in [-0.15, -0.1) is 0 Å². The number of hydrogen-bond donors (Lipinski definition) is 2. The van der Waals surface area contributed by atoms with Crippen molar-refractivity contribution in [3.8, 4) is 5.75 Å². The topological polar surface area (TPSA) is 84.9 Å². The molecule has 0 radical (unpaired) electrons. The number of amides is 1. The molecule has 0 saturated heterocycles. The zero-order valence-corrected chi connectivity index (χ0v) is 11.3. The average Bonchev–Trinajstić information content (AvgIpc) is 2.50. The Morgan fingerprint density at radius 3 is 2.45 bits per heavy atom. The number of carbonyl (C=O) groups excluding carboxylic acids is 2. The Kier molecular flexibility index (Phi) is 6.25. The van der Waals surface area contributed by atoms with Crippen molar-refractivity contribution in [2.45, 2.75) is 6.04 Å². The van der Waals surface area contributed by atoms with Crippen molar-refractivity contribution in [3.63, 3.8) is 0 Å². The third-order valence-electron chi connectivity index (χ3n) is 2.53. The lowest BCUT2D eigenvalue weighted by Crippen LogP contribution is -2.43. The summed E-state index contributed by atoms with van der Waals surface area (Å²) in [5.74, 6) is -0.471. The molecule has 0 aliphatic carbocycles. The molecule has 20 heavy (non-hydrogen) atoms. The van der Waals surface area contributed by atoms with Crippen molar-refractivity contribution in [3.05, 3.63) is 35.9 Å². The SMILES string of the molecule is COC(=O)C(CO)NC(=O)/C=C/c1ccc(OC)cc1. The van der Waals surface area contributed by atoms with Crippen LogP contribution in [0.25, 0.3) is 6.08 Å². The van der Waals surface area contributed by atoms with E-state index in [1.807, 2.05) is 0 Å². The van der Waals surface area contributed by atoms with Crippen molar-refractivity contribution in [1.82, 2.24) is 5.32 Å². The Bertz CT molecular complexity index is 481. The molecule has 108 valence electrons. The Labute approximate surface area is 117 Å². The molecule has 0 bridgehead atoms. The molecule has 0 aliphatic heterocycles. The van der Waals surface area contributed by atoms with E-state index in [-0.39, 0.29) is 0 Å². The lowest BCUT2D eigenvalue weighted by atomic mass is 10.2. The van der Waals surface area contributed by atoms with E-state index in [2.05, 4.69) is 10.1 Å². The summed E-state index contributed by atoms with van der Waals surface area (Å²) < 4.78 is 9.46. The van der Waals surface area contributed by atoms with Crippen LogP contribution >= 0.6 is 0 Å². The van der Waals surface area contributed by atoms with Gasteiger partial charge in [-0.05, 0) is 23.8 Å². The minimum Gasteiger partial charge on any atom is -0.497 e. The fraction of sp³-hybridized carbons (Fsp3) is 0.286. The van der Waals surface area contributed by atoms with Crippen LogP contribution < -0.4 is 10.1 Å². The van der Waals surface area contributed by atoms with Gasteiger partial charge in [-0.2, -0.15) is 0 Å². The average molecular weight is 279 g/mol. The second-order valence-corrected chi connectivity index (χ2v) is 3.87. The Morgan fingerprint density at radius 1 is 1.30 bits per heavy atom. The lowest BCUT2D eigenvalue weighted by Gasteiger charge is -2.11. The Hall–Kier alpha value is -2.34. The van der Waals surface area contributed by atoms with Crippen LogP contribution in [0.2, 0.25) is 0 Å². The number of aliphatic hydroxyl groups is 1. The highest BCUT2D eigenvalue weighted by Crippen LogP contribution is 2.12. The monoisotopic (exact) mass is 279 g/mol. The fourth-order valence-corrected chi connectivity index (χ4v) is 1.43. The molecular weight excluding hydrogens is 262 g/mol. The van der Waals surface area contributed by atoms with Gasteiger partial charge >= 0.3 is 5.97 Å². The maximum absolute atomic E-state index is 11.6. The summed E-state index contributed by atoms with van der Waals surface area (Å²) in [4.78, 5) is 22.8. The highest BCUT2D eigenvalue weighted by atomic mass is 16.5. The Balaban J connectivity index is 2.60. The van der Waals surface area contributed by atoms with E-state index in [4.69, 9.17) is 9.84 Å². The summed E-state index contributed by atoms with van der Waals surface area (Å²) >= 11 is 0. The number of nitrogens with one attached hydrogen (secondary N) is 1. The third-order valence-corrected chi connectivity index (χ3v) is 2.53. The number of methoxy groups -OCH3 is 2. The van der Waals surface area contributed by atoms with Crippen molar-refractivity contribution in [2.75, 3.05) is 20.8 Å². The summed E-state index contributed by atoms with van der Waals surface area (Å²) in [5, 5.41) is 11.3. The van der Waals surface area contributed by atoms with Crippen LogP contribution in [0.4, 0.5) is 0 Å². The van der Waals surface area contributed by atoms with Crippen LogP contribution in [0.15, 0.2) is 30.3 Å². The predicted octanol–water partition coefficient (Wildman–Crippen LogP) is 0.358. The number of aliphatic hydroxyl groups excluding tert-OH is 1. The standard InChI is InChI=1S/C14H17NO5/c1-19-11-6-3-10(4-7-11)5-8-13(17)15-12(9-16)14(18)20-2/h3-8,12,16H,9H2,1-2H3,(H,15,17)/b8-5+. The van der Waals surface area contributed by atoms with E-state index < -0.39 is 24.5 Å². The van der Waals surface area contributed by atoms with Gasteiger partial charge in [0.2, 0.25) is 5.91 Å². The molecule has 0 heterocycles. The first kappa shape index (κ1) is 15.7. The molecular formula is C14H17NO5. The molecule has 0 aliphatic rings. The van der Waals surface area contributed by atoms with Crippen molar-refractivity contribution in [1.29, 1.82) is 0 Å². The molecule has 0 aromatic heterocycles. The molecule has 1 unspecified atom stereocenters. The van der Waals surface area contributed by atoms with Gasteiger partial charge in [0.05, 0.1) is 20.8 Å². The highest BCUT2D eigenvalue weighted by molar-refractivity contribution is 5.94. The second kappa shape index (κ2) is 7.96. The maximum atomic E-state index is 11.6. The van der Waals surface area contributed by atoms with Crippen LogP contribution in [-0.2, 0) is 14.3 Å². The van der Waals surface area contributed by atoms with Crippen molar-refractivity contribution >= 4 is 18.0 Å². The minimum atomic E-state index is -1.06. The number of carbonyl (C=O) groups is 2. The fourth-order valence-electron chi connectivity index (χ4n) is 1.43. The molecule has 2 N–H and O–H groups in total. The molecule has 0 saturated carbocycles. The summed E-state index contributed by atoms with van der Waals surface area (Å²) in [6.07, 6.45) is 2.86. The number of rotatable bonds is 6. The van der Waals surface area contributed by atoms with Gasteiger partial charge in [0.15, 0.2) is 6.04 Å². The van der Waals surface area contributed by atoms with E-state index >= 15 is 0 Å². The number of hydrogen-bond acceptors (Lipinski definition) is 5. The van der Waals surface area contributed by atoms with E-state index in [9.17, 15) is 9.59 Å². The highest BCUT2D eigenvalue weighted by Gasteiger charge is 2.18. The first-order chi connectivity index (χ1) is 9.60. The first-order valence-electron chi connectivity index (χ1n) is 5.92. The molecule has 6 heteroatoms. The second-order valence-electron chi connectivity index (χ2n) is 3.87. The molecule has 1 aromatic carbocycles. The lowest BCUT2D eigenvalue weighted by molar-refractivity contribution is -0.145. The van der Waals surface area contributed by atoms with E-state index in [0.29, 0.717) is 0 Å². The number of ether oxygens (including phenoxy) is 2. The summed E-state index contributed by atoms with van der Waals surface area (Å²) in [5.41, 5.74) is 0.805. The largest absolute Gasteiger partial charge is 0.497 e. The maximum Gasteiger partial charge on any atom is 0.330 e.